The SMILES string of the molecule is O=C(Cc1cccc2cccnc12)N1CCN(C(=O)c2ccoc2)CC1. The zero-order valence-electron chi connectivity index (χ0n) is 14.3. The van der Waals surface area contributed by atoms with Crippen molar-refractivity contribution < 1.29 is 14.0 Å². The zero-order chi connectivity index (χ0) is 17.9. The maximum Gasteiger partial charge on any atom is 0.257 e. The van der Waals surface area contributed by atoms with Crippen LogP contribution in [0.1, 0.15) is 15.9 Å². The Morgan fingerprint density at radius 2 is 1.77 bits per heavy atom. The van der Waals surface area contributed by atoms with Crippen LogP contribution in [0.2, 0.25) is 0 Å². The number of hydrogen-bond donors (Lipinski definition) is 0. The molecule has 1 aromatic carbocycles. The van der Waals surface area contributed by atoms with E-state index in [1.54, 1.807) is 17.2 Å². The van der Waals surface area contributed by atoms with Crippen molar-refractivity contribution in [3.63, 3.8) is 0 Å². The van der Waals surface area contributed by atoms with E-state index >= 15 is 0 Å². The summed E-state index contributed by atoms with van der Waals surface area (Å²) in [5, 5.41) is 1.04. The number of amides is 2. The highest BCUT2D eigenvalue weighted by Gasteiger charge is 2.25. The van der Waals surface area contributed by atoms with Gasteiger partial charge in [-0.2, -0.15) is 0 Å². The topological polar surface area (TPSA) is 66.7 Å². The van der Waals surface area contributed by atoms with E-state index in [0.717, 1.165) is 16.5 Å². The summed E-state index contributed by atoms with van der Waals surface area (Å²) in [7, 11) is 0. The van der Waals surface area contributed by atoms with E-state index in [9.17, 15) is 9.59 Å². The first-order chi connectivity index (χ1) is 12.7. The Kier molecular flexibility index (Phi) is 4.39. The number of aromatic nitrogens is 1. The van der Waals surface area contributed by atoms with Gasteiger partial charge in [0.25, 0.3) is 5.91 Å². The maximum absolute atomic E-state index is 12.7. The minimum absolute atomic E-state index is 0.0518. The molecule has 1 saturated heterocycles. The van der Waals surface area contributed by atoms with E-state index in [0.29, 0.717) is 38.2 Å². The van der Waals surface area contributed by atoms with Crippen molar-refractivity contribution in [2.75, 3.05) is 26.2 Å². The zero-order valence-corrected chi connectivity index (χ0v) is 14.3. The third kappa shape index (κ3) is 3.18. The molecular weight excluding hydrogens is 330 g/mol. The molecule has 0 atom stereocenters. The van der Waals surface area contributed by atoms with Crippen LogP contribution in [0.4, 0.5) is 0 Å². The summed E-state index contributed by atoms with van der Waals surface area (Å²) in [5.74, 6) is 0.0164. The van der Waals surface area contributed by atoms with Crippen LogP contribution in [0.25, 0.3) is 10.9 Å². The van der Waals surface area contributed by atoms with Gasteiger partial charge in [-0.15, -0.1) is 0 Å². The Morgan fingerprint density at radius 1 is 1.00 bits per heavy atom. The first-order valence-electron chi connectivity index (χ1n) is 8.64. The molecule has 0 unspecified atom stereocenters. The number of hydrogen-bond acceptors (Lipinski definition) is 4. The molecule has 3 aromatic rings. The van der Waals surface area contributed by atoms with Crippen LogP contribution in [-0.2, 0) is 11.2 Å². The second kappa shape index (κ2) is 7.00. The van der Waals surface area contributed by atoms with Crippen molar-refractivity contribution in [3.8, 4) is 0 Å². The van der Waals surface area contributed by atoms with Crippen LogP contribution in [-0.4, -0.2) is 52.8 Å². The number of para-hydroxylation sites is 1. The van der Waals surface area contributed by atoms with Gasteiger partial charge in [0.15, 0.2) is 0 Å². The summed E-state index contributed by atoms with van der Waals surface area (Å²) in [4.78, 5) is 33.0. The fourth-order valence-corrected chi connectivity index (χ4v) is 3.31. The second-order valence-electron chi connectivity index (χ2n) is 6.35. The van der Waals surface area contributed by atoms with Gasteiger partial charge in [-0.1, -0.05) is 24.3 Å². The van der Waals surface area contributed by atoms with Crippen LogP contribution in [0.5, 0.6) is 0 Å². The molecule has 1 aliphatic rings. The number of rotatable bonds is 3. The lowest BCUT2D eigenvalue weighted by Gasteiger charge is -2.34. The fourth-order valence-electron chi connectivity index (χ4n) is 3.31. The molecule has 0 bridgehead atoms. The molecule has 1 fully saturated rings. The maximum atomic E-state index is 12.7. The Labute approximate surface area is 151 Å². The molecule has 0 spiro atoms. The Bertz CT molecular complexity index is 923. The van der Waals surface area contributed by atoms with Crippen LogP contribution in [0.3, 0.4) is 0 Å². The minimum atomic E-state index is -0.0518. The van der Waals surface area contributed by atoms with E-state index in [1.165, 1.54) is 12.5 Å². The predicted molar refractivity (Wildman–Crippen MR) is 96.6 cm³/mol. The predicted octanol–water partition coefficient (Wildman–Crippen LogP) is 2.35. The average Bonchev–Trinajstić information content (AvgIpc) is 3.23. The molecule has 2 aromatic heterocycles. The van der Waals surface area contributed by atoms with Gasteiger partial charge < -0.3 is 14.2 Å². The number of nitrogens with zero attached hydrogens (tertiary/aromatic N) is 3. The molecule has 2 amide bonds. The van der Waals surface area contributed by atoms with Gasteiger partial charge in [-0.25, -0.2) is 0 Å². The van der Waals surface area contributed by atoms with E-state index in [2.05, 4.69) is 4.98 Å². The van der Waals surface area contributed by atoms with Crippen molar-refractivity contribution in [2.24, 2.45) is 0 Å². The Morgan fingerprint density at radius 3 is 2.54 bits per heavy atom. The highest BCUT2D eigenvalue weighted by atomic mass is 16.3. The standard InChI is InChI=1S/C20H19N3O3/c24-18(13-16-4-1-3-15-5-2-7-21-19(15)16)22-8-10-23(11-9-22)20(25)17-6-12-26-14-17/h1-7,12,14H,8-11,13H2. The lowest BCUT2D eigenvalue weighted by atomic mass is 10.1. The molecule has 6 heteroatoms. The molecule has 0 aliphatic carbocycles. The van der Waals surface area contributed by atoms with Crippen LogP contribution < -0.4 is 0 Å². The number of piperazine rings is 1. The van der Waals surface area contributed by atoms with Gasteiger partial charge in [-0.05, 0) is 17.7 Å². The summed E-state index contributed by atoms with van der Waals surface area (Å²) >= 11 is 0. The number of furan rings is 1. The summed E-state index contributed by atoms with van der Waals surface area (Å²) < 4.78 is 4.97. The third-order valence-corrected chi connectivity index (χ3v) is 4.75. The molecule has 0 saturated carbocycles. The normalized spacial score (nSPS) is 14.6. The van der Waals surface area contributed by atoms with Crippen molar-refractivity contribution >= 4 is 22.7 Å². The van der Waals surface area contributed by atoms with E-state index in [1.807, 2.05) is 35.2 Å². The second-order valence-corrected chi connectivity index (χ2v) is 6.35. The van der Waals surface area contributed by atoms with Gasteiger partial charge in [0.1, 0.15) is 6.26 Å². The number of pyridine rings is 1. The van der Waals surface area contributed by atoms with Crippen LogP contribution >= 0.6 is 0 Å². The van der Waals surface area contributed by atoms with Crippen molar-refractivity contribution in [1.29, 1.82) is 0 Å². The fraction of sp³-hybridized carbons (Fsp3) is 0.250. The van der Waals surface area contributed by atoms with E-state index in [4.69, 9.17) is 4.42 Å². The largest absolute Gasteiger partial charge is 0.472 e. The first kappa shape index (κ1) is 16.3. The molecule has 6 nitrogen and oxygen atoms in total. The third-order valence-electron chi connectivity index (χ3n) is 4.75. The molecular formula is C20H19N3O3. The van der Waals surface area contributed by atoms with Gasteiger partial charge in [-0.3, -0.25) is 14.6 Å². The van der Waals surface area contributed by atoms with Crippen molar-refractivity contribution in [3.05, 3.63) is 66.2 Å². The Balaban J connectivity index is 1.40. The monoisotopic (exact) mass is 349 g/mol. The van der Waals surface area contributed by atoms with Gasteiger partial charge in [0.05, 0.1) is 23.8 Å². The van der Waals surface area contributed by atoms with Gasteiger partial charge in [0.2, 0.25) is 5.91 Å². The van der Waals surface area contributed by atoms with E-state index in [-0.39, 0.29) is 11.8 Å². The molecule has 26 heavy (non-hydrogen) atoms. The highest BCUT2D eigenvalue weighted by Crippen LogP contribution is 2.18. The number of carbonyl (C=O) groups is 2. The number of fused-ring (bicyclic) bond motifs is 1. The molecule has 1 aliphatic heterocycles. The number of carbonyl (C=O) groups excluding carboxylic acids is 2. The molecule has 132 valence electrons. The molecule has 0 radical (unpaired) electrons. The lowest BCUT2D eigenvalue weighted by molar-refractivity contribution is -0.131. The summed E-state index contributed by atoms with van der Waals surface area (Å²) in [6.07, 6.45) is 5.01. The highest BCUT2D eigenvalue weighted by molar-refractivity contribution is 5.94. The van der Waals surface area contributed by atoms with Crippen molar-refractivity contribution in [2.45, 2.75) is 6.42 Å². The average molecular weight is 349 g/mol. The molecule has 0 N–H and O–H groups in total. The van der Waals surface area contributed by atoms with Gasteiger partial charge >= 0.3 is 0 Å². The molecule has 4 rings (SSSR count). The van der Waals surface area contributed by atoms with Crippen molar-refractivity contribution in [1.82, 2.24) is 14.8 Å². The van der Waals surface area contributed by atoms with Crippen LogP contribution in [0.15, 0.2) is 59.5 Å². The number of benzene rings is 1. The molecule has 3 heterocycles. The van der Waals surface area contributed by atoms with Crippen LogP contribution in [0, 0.1) is 0 Å². The summed E-state index contributed by atoms with van der Waals surface area (Å²) in [5.41, 5.74) is 2.36. The summed E-state index contributed by atoms with van der Waals surface area (Å²) in [6.45, 7) is 2.15. The van der Waals surface area contributed by atoms with E-state index < -0.39 is 0 Å². The lowest BCUT2D eigenvalue weighted by Crippen LogP contribution is -2.50. The summed E-state index contributed by atoms with van der Waals surface area (Å²) in [6, 6.07) is 11.4. The first-order valence-corrected chi connectivity index (χ1v) is 8.64. The quantitative estimate of drug-likeness (QED) is 0.728. The Hall–Kier alpha value is -3.15. The van der Waals surface area contributed by atoms with Gasteiger partial charge in [0, 0.05) is 37.8 Å². The minimum Gasteiger partial charge on any atom is -0.472 e. The smallest absolute Gasteiger partial charge is 0.257 e.